The summed E-state index contributed by atoms with van der Waals surface area (Å²) in [4.78, 5) is 24.6. The predicted molar refractivity (Wildman–Crippen MR) is 152 cm³/mol. The highest BCUT2D eigenvalue weighted by molar-refractivity contribution is 5.97. The summed E-state index contributed by atoms with van der Waals surface area (Å²) in [5.74, 6) is 0.182. The number of para-hydroxylation sites is 1. The lowest BCUT2D eigenvalue weighted by Crippen LogP contribution is -2.27. The van der Waals surface area contributed by atoms with Gasteiger partial charge in [-0.05, 0) is 63.1 Å². The van der Waals surface area contributed by atoms with Crippen LogP contribution in [0.5, 0.6) is 11.5 Å². The van der Waals surface area contributed by atoms with Gasteiger partial charge in [-0.1, -0.05) is 36.4 Å². The zero-order valence-corrected chi connectivity index (χ0v) is 23.3. The Balaban J connectivity index is 1.72. The Bertz CT molecular complexity index is 1480. The van der Waals surface area contributed by atoms with Crippen molar-refractivity contribution in [3.05, 3.63) is 83.6 Å². The van der Waals surface area contributed by atoms with Crippen molar-refractivity contribution in [2.24, 2.45) is 5.73 Å². The molecule has 0 atom stereocenters. The van der Waals surface area contributed by atoms with Crippen molar-refractivity contribution in [3.8, 4) is 22.6 Å². The van der Waals surface area contributed by atoms with E-state index in [4.69, 9.17) is 29.1 Å². The minimum Gasteiger partial charge on any atom is -0.488 e. The summed E-state index contributed by atoms with van der Waals surface area (Å²) in [6, 6.07) is 19.0. The monoisotopic (exact) mass is 545 g/mol. The van der Waals surface area contributed by atoms with Crippen LogP contribution in [0.25, 0.3) is 22.1 Å². The largest absolute Gasteiger partial charge is 0.488 e. The molecule has 0 amide bonds. The number of fused-ring (bicyclic) bond motifs is 1. The molecule has 1 aromatic heterocycles. The minimum absolute atomic E-state index is 0.0872. The molecule has 0 fully saturated rings. The molecule has 4 aromatic rings. The van der Waals surface area contributed by atoms with Crippen LogP contribution in [0.1, 0.15) is 44.4 Å². The lowest BCUT2D eigenvalue weighted by molar-refractivity contribution is -0.157. The molecular formula is C32H35NO7. The summed E-state index contributed by atoms with van der Waals surface area (Å²) in [5, 5.41) is 0.692. The lowest BCUT2D eigenvalue weighted by Gasteiger charge is -2.20. The van der Waals surface area contributed by atoms with Crippen LogP contribution in [0.4, 0.5) is 0 Å². The van der Waals surface area contributed by atoms with Crippen molar-refractivity contribution in [1.29, 1.82) is 0 Å². The maximum Gasteiger partial charge on any atom is 0.344 e. The van der Waals surface area contributed by atoms with E-state index in [0.29, 0.717) is 46.7 Å². The standard InChI is InChI=1S/C32H35NO7/c1-5-36-28(34)17-23-10-6-7-12-27(23)38-19-24-16-26(22-11-8-9-21(15-22)18-33)31-25(13-14-37-31)30(24)39-20-29(35)40-32(2,3)4/h6-16H,5,17-20,33H2,1-4H3. The van der Waals surface area contributed by atoms with Gasteiger partial charge in [0.05, 0.1) is 24.7 Å². The first kappa shape index (κ1) is 28.7. The number of esters is 2. The van der Waals surface area contributed by atoms with Crippen LogP contribution < -0.4 is 15.2 Å². The molecule has 210 valence electrons. The van der Waals surface area contributed by atoms with Crippen LogP contribution in [-0.4, -0.2) is 30.8 Å². The first-order chi connectivity index (χ1) is 19.2. The summed E-state index contributed by atoms with van der Waals surface area (Å²) in [6.45, 7) is 7.70. The summed E-state index contributed by atoms with van der Waals surface area (Å²) in [7, 11) is 0. The summed E-state index contributed by atoms with van der Waals surface area (Å²) in [6.07, 6.45) is 1.67. The van der Waals surface area contributed by atoms with Crippen molar-refractivity contribution in [1.82, 2.24) is 0 Å². The fraction of sp³-hybridized carbons (Fsp3) is 0.312. The number of carbonyl (C=O) groups is 2. The molecule has 2 N–H and O–H groups in total. The SMILES string of the molecule is CCOC(=O)Cc1ccccc1OCc1cc(-c2cccc(CN)c2)c2occc2c1OCC(=O)OC(C)(C)C. The average Bonchev–Trinajstić information content (AvgIpc) is 3.40. The summed E-state index contributed by atoms with van der Waals surface area (Å²) >= 11 is 0. The van der Waals surface area contributed by atoms with E-state index in [0.717, 1.165) is 16.7 Å². The second-order valence-electron chi connectivity index (χ2n) is 10.2. The molecule has 0 bridgehead atoms. The van der Waals surface area contributed by atoms with E-state index in [1.807, 2.05) is 48.5 Å². The van der Waals surface area contributed by atoms with E-state index in [2.05, 4.69) is 0 Å². The molecule has 0 radical (unpaired) electrons. The van der Waals surface area contributed by atoms with E-state index in [1.54, 1.807) is 46.1 Å². The van der Waals surface area contributed by atoms with Gasteiger partial charge in [0.1, 0.15) is 29.3 Å². The molecule has 0 aliphatic rings. The van der Waals surface area contributed by atoms with Crippen LogP contribution in [0.3, 0.4) is 0 Å². The molecule has 0 saturated heterocycles. The summed E-state index contributed by atoms with van der Waals surface area (Å²) < 4.78 is 28.7. The normalized spacial score (nSPS) is 11.3. The highest BCUT2D eigenvalue weighted by Gasteiger charge is 2.22. The second-order valence-corrected chi connectivity index (χ2v) is 10.2. The van der Waals surface area contributed by atoms with Gasteiger partial charge < -0.3 is 29.1 Å². The molecular weight excluding hydrogens is 510 g/mol. The number of hydrogen-bond acceptors (Lipinski definition) is 8. The molecule has 40 heavy (non-hydrogen) atoms. The number of hydrogen-bond donors (Lipinski definition) is 1. The quantitative estimate of drug-likeness (QED) is 0.230. The zero-order chi connectivity index (χ0) is 28.7. The van der Waals surface area contributed by atoms with Gasteiger partial charge in [-0.25, -0.2) is 4.79 Å². The molecule has 8 heteroatoms. The highest BCUT2D eigenvalue weighted by Crippen LogP contribution is 2.39. The molecule has 8 nitrogen and oxygen atoms in total. The Morgan fingerprint density at radius 2 is 1.73 bits per heavy atom. The molecule has 0 saturated carbocycles. The van der Waals surface area contributed by atoms with Crippen molar-refractivity contribution in [3.63, 3.8) is 0 Å². The Hall–Kier alpha value is -4.30. The van der Waals surface area contributed by atoms with Gasteiger partial charge >= 0.3 is 11.9 Å². The highest BCUT2D eigenvalue weighted by atomic mass is 16.6. The van der Waals surface area contributed by atoms with Crippen LogP contribution in [0.15, 0.2) is 71.3 Å². The third kappa shape index (κ3) is 7.21. The average molecular weight is 546 g/mol. The van der Waals surface area contributed by atoms with E-state index in [1.165, 1.54) is 0 Å². The number of carbonyl (C=O) groups excluding carboxylic acids is 2. The van der Waals surface area contributed by atoms with Crippen LogP contribution in [-0.2, 0) is 38.6 Å². The van der Waals surface area contributed by atoms with Crippen molar-refractivity contribution in [2.75, 3.05) is 13.2 Å². The third-order valence-corrected chi connectivity index (χ3v) is 5.99. The van der Waals surface area contributed by atoms with Crippen molar-refractivity contribution < 1.29 is 33.0 Å². The van der Waals surface area contributed by atoms with Crippen LogP contribution in [0, 0.1) is 0 Å². The lowest BCUT2D eigenvalue weighted by atomic mass is 9.98. The molecule has 0 aliphatic carbocycles. The Kier molecular flexibility index (Phi) is 9.11. The van der Waals surface area contributed by atoms with Crippen molar-refractivity contribution in [2.45, 2.75) is 52.9 Å². The minimum atomic E-state index is -0.641. The smallest absolute Gasteiger partial charge is 0.344 e. The van der Waals surface area contributed by atoms with Gasteiger partial charge in [0, 0.05) is 23.2 Å². The van der Waals surface area contributed by atoms with Crippen molar-refractivity contribution >= 4 is 22.9 Å². The Morgan fingerprint density at radius 3 is 2.48 bits per heavy atom. The van der Waals surface area contributed by atoms with Gasteiger partial charge in [-0.3, -0.25) is 4.79 Å². The molecule has 1 heterocycles. The van der Waals surface area contributed by atoms with E-state index in [-0.39, 0.29) is 25.6 Å². The van der Waals surface area contributed by atoms with E-state index < -0.39 is 11.6 Å². The molecule has 4 rings (SSSR count). The number of rotatable bonds is 11. The Morgan fingerprint density at radius 1 is 0.925 bits per heavy atom. The van der Waals surface area contributed by atoms with Gasteiger partial charge in [0.15, 0.2) is 6.61 Å². The fourth-order valence-corrected chi connectivity index (χ4v) is 4.35. The van der Waals surface area contributed by atoms with E-state index in [9.17, 15) is 9.59 Å². The topological polar surface area (TPSA) is 110 Å². The maximum absolute atomic E-state index is 12.5. The number of furan rings is 1. The number of benzene rings is 3. The first-order valence-corrected chi connectivity index (χ1v) is 13.2. The van der Waals surface area contributed by atoms with Gasteiger partial charge in [-0.2, -0.15) is 0 Å². The van der Waals surface area contributed by atoms with Gasteiger partial charge in [0.25, 0.3) is 0 Å². The second kappa shape index (κ2) is 12.7. The molecule has 0 spiro atoms. The fourth-order valence-electron chi connectivity index (χ4n) is 4.35. The molecule has 0 aliphatic heterocycles. The van der Waals surface area contributed by atoms with Gasteiger partial charge in [-0.15, -0.1) is 0 Å². The first-order valence-electron chi connectivity index (χ1n) is 13.2. The molecule has 0 unspecified atom stereocenters. The van der Waals surface area contributed by atoms with Gasteiger partial charge in [0.2, 0.25) is 0 Å². The zero-order valence-electron chi connectivity index (χ0n) is 23.3. The maximum atomic E-state index is 12.5. The third-order valence-electron chi connectivity index (χ3n) is 5.99. The number of ether oxygens (including phenoxy) is 4. The van der Waals surface area contributed by atoms with Crippen LogP contribution >= 0.6 is 0 Å². The number of nitrogens with two attached hydrogens (primary N) is 1. The Labute approximate surface area is 234 Å². The molecule has 3 aromatic carbocycles. The van der Waals surface area contributed by atoms with E-state index >= 15 is 0 Å². The summed E-state index contributed by atoms with van der Waals surface area (Å²) in [5.41, 5.74) is 9.99. The van der Waals surface area contributed by atoms with Crippen LogP contribution in [0.2, 0.25) is 0 Å². The predicted octanol–water partition coefficient (Wildman–Crippen LogP) is 5.96.